The van der Waals surface area contributed by atoms with Crippen LogP contribution >= 0.6 is 0 Å². The molecule has 0 spiro atoms. The van der Waals surface area contributed by atoms with E-state index in [0.717, 1.165) is 6.42 Å². The van der Waals surface area contributed by atoms with Crippen LogP contribution in [0.4, 0.5) is 0 Å². The van der Waals surface area contributed by atoms with E-state index in [1.165, 1.54) is 0 Å². The number of Topliss-reactive ketones (excluding diaryl/α,β-unsaturated/α-hetero) is 1. The van der Waals surface area contributed by atoms with Crippen LogP contribution < -0.4 is 0 Å². The lowest BCUT2D eigenvalue weighted by Gasteiger charge is -2.18. The summed E-state index contributed by atoms with van der Waals surface area (Å²) in [6, 6.07) is 8.39. The summed E-state index contributed by atoms with van der Waals surface area (Å²) in [4.78, 5) is 35.7. The Labute approximate surface area is 147 Å². The van der Waals surface area contributed by atoms with Crippen LogP contribution in [0.2, 0.25) is 0 Å². The second-order valence-electron chi connectivity index (χ2n) is 6.31. The van der Waals surface area contributed by atoms with E-state index < -0.39 is 18.0 Å². The first-order valence-corrected chi connectivity index (χ1v) is 8.67. The minimum atomic E-state index is -1.32. The van der Waals surface area contributed by atoms with Crippen molar-refractivity contribution in [1.29, 1.82) is 0 Å². The van der Waals surface area contributed by atoms with E-state index in [2.05, 4.69) is 0 Å². The number of hydrogen-bond acceptors (Lipinski definition) is 4. The Hall–Kier alpha value is -2.43. The second-order valence-corrected chi connectivity index (χ2v) is 6.31. The highest BCUT2D eigenvalue weighted by Crippen LogP contribution is 2.35. The predicted octanol–water partition coefficient (Wildman–Crippen LogP) is 3.70. The molecule has 0 amide bonds. The molecule has 0 radical (unpaired) electrons. The minimum Gasteiger partial charge on any atom is -0.478 e. The largest absolute Gasteiger partial charge is 0.478 e. The molecule has 0 aliphatic heterocycles. The first kappa shape index (κ1) is 18.9. The molecule has 1 saturated carbocycles. The Morgan fingerprint density at radius 3 is 2.64 bits per heavy atom. The Morgan fingerprint density at radius 2 is 2.00 bits per heavy atom. The number of hydrogen-bond donors (Lipinski definition) is 1. The molecule has 0 bridgehead atoms. The van der Waals surface area contributed by atoms with Crippen molar-refractivity contribution in [2.24, 2.45) is 11.8 Å². The summed E-state index contributed by atoms with van der Waals surface area (Å²) < 4.78 is 5.20. The highest BCUT2D eigenvalue weighted by Gasteiger charge is 2.36. The summed E-state index contributed by atoms with van der Waals surface area (Å²) in [5.74, 6) is -1.84. The molecule has 1 N–H and O–H groups in total. The van der Waals surface area contributed by atoms with Gasteiger partial charge in [0.25, 0.3) is 0 Å². The molecule has 1 aromatic carbocycles. The maximum Gasteiger partial charge on any atom is 0.349 e. The molecule has 1 aromatic rings. The van der Waals surface area contributed by atoms with Crippen LogP contribution in [-0.2, 0) is 19.1 Å². The molecule has 1 aliphatic rings. The lowest BCUT2D eigenvalue weighted by molar-refractivity contribution is -0.165. The Morgan fingerprint density at radius 1 is 1.28 bits per heavy atom. The molecule has 3 atom stereocenters. The lowest BCUT2D eigenvalue weighted by atomic mass is 9.89. The highest BCUT2D eigenvalue weighted by molar-refractivity contribution is 5.85. The topological polar surface area (TPSA) is 80.7 Å². The van der Waals surface area contributed by atoms with Crippen LogP contribution in [0.15, 0.2) is 42.5 Å². The molecule has 1 aliphatic carbocycles. The van der Waals surface area contributed by atoms with Crippen LogP contribution in [-0.4, -0.2) is 22.8 Å². The second kappa shape index (κ2) is 9.16. The summed E-state index contributed by atoms with van der Waals surface area (Å²) in [5.41, 5.74) is 0.424. The third-order valence-electron chi connectivity index (χ3n) is 4.54. The standard InChI is InChI=1S/C20H24O5/c1-2-3-5-10-16-15(11-12-17(16)21)13-18(22)25-19(20(23)24)14-8-6-4-7-9-14/h3-9,15-16,19H,2,10-13H2,1H3,(H,23,24)/b5-3-/t15-,16-,19-/m0/s1. The van der Waals surface area contributed by atoms with Crippen LogP contribution in [0.25, 0.3) is 0 Å². The molecule has 5 nitrogen and oxygen atoms in total. The molecule has 5 heteroatoms. The molecule has 0 aromatic heterocycles. The third-order valence-corrected chi connectivity index (χ3v) is 4.54. The van der Waals surface area contributed by atoms with Crippen molar-refractivity contribution >= 4 is 17.7 Å². The Bertz CT molecular complexity index is 635. The zero-order valence-electron chi connectivity index (χ0n) is 14.4. The van der Waals surface area contributed by atoms with Gasteiger partial charge in [-0.05, 0) is 25.2 Å². The van der Waals surface area contributed by atoms with E-state index in [0.29, 0.717) is 24.8 Å². The summed E-state index contributed by atoms with van der Waals surface area (Å²) in [5, 5.41) is 9.33. The molecule has 0 heterocycles. The van der Waals surface area contributed by atoms with Crippen LogP contribution in [0, 0.1) is 11.8 Å². The van der Waals surface area contributed by atoms with Gasteiger partial charge in [0.2, 0.25) is 6.10 Å². The van der Waals surface area contributed by atoms with Crippen molar-refractivity contribution < 1.29 is 24.2 Å². The fourth-order valence-corrected chi connectivity index (χ4v) is 3.24. The fraction of sp³-hybridized carbons (Fsp3) is 0.450. The molecular weight excluding hydrogens is 320 g/mol. The summed E-state index contributed by atoms with van der Waals surface area (Å²) in [7, 11) is 0. The van der Waals surface area contributed by atoms with Gasteiger partial charge in [-0.3, -0.25) is 9.59 Å². The minimum absolute atomic E-state index is 0.0764. The van der Waals surface area contributed by atoms with E-state index in [9.17, 15) is 19.5 Å². The van der Waals surface area contributed by atoms with Gasteiger partial charge in [-0.2, -0.15) is 0 Å². The average Bonchev–Trinajstić information content (AvgIpc) is 2.93. The lowest BCUT2D eigenvalue weighted by Crippen LogP contribution is -2.23. The van der Waals surface area contributed by atoms with Gasteiger partial charge >= 0.3 is 11.9 Å². The van der Waals surface area contributed by atoms with Crippen LogP contribution in [0.5, 0.6) is 0 Å². The van der Waals surface area contributed by atoms with Crippen molar-refractivity contribution in [2.45, 2.75) is 45.1 Å². The zero-order valence-corrected chi connectivity index (χ0v) is 14.4. The molecule has 25 heavy (non-hydrogen) atoms. The Balaban J connectivity index is 1.99. The number of allylic oxidation sites excluding steroid dienone is 2. The number of ketones is 1. The van der Waals surface area contributed by atoms with Crippen molar-refractivity contribution in [3.8, 4) is 0 Å². The number of ether oxygens (including phenoxy) is 1. The monoisotopic (exact) mass is 344 g/mol. The average molecular weight is 344 g/mol. The van der Waals surface area contributed by atoms with Crippen LogP contribution in [0.3, 0.4) is 0 Å². The molecule has 2 rings (SSSR count). The summed E-state index contributed by atoms with van der Waals surface area (Å²) >= 11 is 0. The van der Waals surface area contributed by atoms with Crippen molar-refractivity contribution in [2.75, 3.05) is 0 Å². The van der Waals surface area contributed by atoms with Gasteiger partial charge in [0, 0.05) is 24.3 Å². The molecule has 134 valence electrons. The molecule has 0 unspecified atom stereocenters. The zero-order chi connectivity index (χ0) is 18.2. The van der Waals surface area contributed by atoms with Gasteiger partial charge < -0.3 is 9.84 Å². The van der Waals surface area contributed by atoms with Gasteiger partial charge in [-0.15, -0.1) is 0 Å². The van der Waals surface area contributed by atoms with Gasteiger partial charge in [0.05, 0.1) is 0 Å². The van der Waals surface area contributed by atoms with Gasteiger partial charge in [-0.25, -0.2) is 4.79 Å². The number of benzene rings is 1. The van der Waals surface area contributed by atoms with Gasteiger partial charge in [0.15, 0.2) is 0 Å². The SMILES string of the molecule is CC/C=C\C[C@@H]1C(=O)CC[C@H]1CC(=O)O[C@H](C(=O)O)c1ccccc1. The first-order chi connectivity index (χ1) is 12.0. The molecule has 1 fully saturated rings. The highest BCUT2D eigenvalue weighted by atomic mass is 16.6. The van der Waals surface area contributed by atoms with E-state index in [1.807, 2.05) is 19.1 Å². The third kappa shape index (κ3) is 5.28. The number of aliphatic carboxylic acids is 1. The molecular formula is C20H24O5. The van der Waals surface area contributed by atoms with Crippen molar-refractivity contribution in [3.63, 3.8) is 0 Å². The van der Waals surface area contributed by atoms with E-state index >= 15 is 0 Å². The summed E-state index contributed by atoms with van der Waals surface area (Å²) in [6.07, 6.45) is 5.42. The van der Waals surface area contributed by atoms with E-state index in [1.54, 1.807) is 30.3 Å². The number of carbonyl (C=O) groups is 3. The number of esters is 1. The quantitative estimate of drug-likeness (QED) is 0.574. The van der Waals surface area contributed by atoms with E-state index in [4.69, 9.17) is 4.74 Å². The smallest absolute Gasteiger partial charge is 0.349 e. The van der Waals surface area contributed by atoms with Crippen LogP contribution in [0.1, 0.15) is 50.7 Å². The normalized spacial score (nSPS) is 21.4. The number of carboxylic acids is 1. The Kier molecular flexibility index (Phi) is 6.92. The summed E-state index contributed by atoms with van der Waals surface area (Å²) in [6.45, 7) is 2.03. The predicted molar refractivity (Wildman–Crippen MR) is 92.8 cm³/mol. The molecule has 0 saturated heterocycles. The fourth-order valence-electron chi connectivity index (χ4n) is 3.24. The van der Waals surface area contributed by atoms with E-state index in [-0.39, 0.29) is 24.0 Å². The maximum atomic E-state index is 12.3. The van der Waals surface area contributed by atoms with Gasteiger partial charge in [-0.1, -0.05) is 49.4 Å². The van der Waals surface area contributed by atoms with Crippen molar-refractivity contribution in [1.82, 2.24) is 0 Å². The number of carbonyl (C=O) groups excluding carboxylic acids is 2. The number of rotatable bonds is 8. The maximum absolute atomic E-state index is 12.3. The van der Waals surface area contributed by atoms with Crippen molar-refractivity contribution in [3.05, 3.63) is 48.0 Å². The number of carboxylic acid groups (broad SMARTS) is 1. The first-order valence-electron chi connectivity index (χ1n) is 8.67. The van der Waals surface area contributed by atoms with Gasteiger partial charge in [0.1, 0.15) is 5.78 Å².